The van der Waals surface area contributed by atoms with Crippen molar-refractivity contribution < 1.29 is 0 Å². The van der Waals surface area contributed by atoms with Crippen molar-refractivity contribution in [2.24, 2.45) is 0 Å². The summed E-state index contributed by atoms with van der Waals surface area (Å²) in [5.41, 5.74) is 1.22. The van der Waals surface area contributed by atoms with Gasteiger partial charge in [0.1, 0.15) is 0 Å². The summed E-state index contributed by atoms with van der Waals surface area (Å²) in [6.45, 7) is 4.30. The summed E-state index contributed by atoms with van der Waals surface area (Å²) >= 11 is 3.46. The van der Waals surface area contributed by atoms with Crippen molar-refractivity contribution in [3.63, 3.8) is 0 Å². The molecule has 0 radical (unpaired) electrons. The maximum Gasteiger partial charge on any atom is 0.167 e. The van der Waals surface area contributed by atoms with E-state index in [1.165, 1.54) is 5.56 Å². The third kappa shape index (κ3) is 2.09. The third-order valence-corrected chi connectivity index (χ3v) is 2.84. The molecule has 2 aromatic rings. The molecule has 0 bridgehead atoms. The molecule has 0 saturated carbocycles. The zero-order valence-electron chi connectivity index (χ0n) is 8.68. The Morgan fingerprint density at radius 2 is 2.20 bits per heavy atom. The van der Waals surface area contributed by atoms with Crippen molar-refractivity contribution in [3.8, 4) is 5.82 Å². The van der Waals surface area contributed by atoms with Gasteiger partial charge in [-0.1, -0.05) is 13.8 Å². The van der Waals surface area contributed by atoms with E-state index >= 15 is 0 Å². The van der Waals surface area contributed by atoms with Crippen LogP contribution < -0.4 is 0 Å². The van der Waals surface area contributed by atoms with Crippen molar-refractivity contribution in [2.45, 2.75) is 19.8 Å². The van der Waals surface area contributed by atoms with Crippen LogP contribution in [0.15, 0.2) is 35.2 Å². The number of aromatic nitrogens is 3. The summed E-state index contributed by atoms with van der Waals surface area (Å²) in [5.74, 6) is 1.31. The Hall–Kier alpha value is -1.16. The topological polar surface area (TPSA) is 30.7 Å². The van der Waals surface area contributed by atoms with Gasteiger partial charge in [0.05, 0.1) is 10.7 Å². The van der Waals surface area contributed by atoms with Gasteiger partial charge in [-0.15, -0.1) is 0 Å². The van der Waals surface area contributed by atoms with Gasteiger partial charge < -0.3 is 0 Å². The van der Waals surface area contributed by atoms with Crippen LogP contribution >= 0.6 is 15.9 Å². The number of hydrogen-bond donors (Lipinski definition) is 0. The molecule has 3 nitrogen and oxygen atoms in total. The zero-order chi connectivity index (χ0) is 10.8. The average molecular weight is 266 g/mol. The van der Waals surface area contributed by atoms with Crippen molar-refractivity contribution in [1.82, 2.24) is 14.8 Å². The van der Waals surface area contributed by atoms with Crippen LogP contribution in [0, 0.1) is 0 Å². The van der Waals surface area contributed by atoms with Crippen LogP contribution in [0.5, 0.6) is 0 Å². The first-order valence-electron chi connectivity index (χ1n) is 4.84. The van der Waals surface area contributed by atoms with E-state index < -0.39 is 0 Å². The number of rotatable bonds is 2. The predicted molar refractivity (Wildman–Crippen MR) is 63.1 cm³/mol. The number of nitrogens with zero attached hydrogens (tertiary/aromatic N) is 3. The van der Waals surface area contributed by atoms with Gasteiger partial charge in [0.2, 0.25) is 0 Å². The van der Waals surface area contributed by atoms with Crippen molar-refractivity contribution >= 4 is 15.9 Å². The fourth-order valence-electron chi connectivity index (χ4n) is 1.30. The first-order chi connectivity index (χ1) is 7.18. The molecule has 0 spiro atoms. The summed E-state index contributed by atoms with van der Waals surface area (Å²) in [7, 11) is 0. The Kier molecular flexibility index (Phi) is 2.86. The van der Waals surface area contributed by atoms with E-state index in [-0.39, 0.29) is 0 Å². The van der Waals surface area contributed by atoms with Crippen molar-refractivity contribution in [1.29, 1.82) is 0 Å². The number of hydrogen-bond acceptors (Lipinski definition) is 2. The largest absolute Gasteiger partial charge is 0.236 e. The van der Waals surface area contributed by atoms with E-state index in [2.05, 4.69) is 39.9 Å². The summed E-state index contributed by atoms with van der Waals surface area (Å²) in [4.78, 5) is 4.27. The molecule has 0 saturated heterocycles. The highest BCUT2D eigenvalue weighted by molar-refractivity contribution is 9.10. The highest BCUT2D eigenvalue weighted by atomic mass is 79.9. The minimum Gasteiger partial charge on any atom is -0.236 e. The Morgan fingerprint density at radius 3 is 2.80 bits per heavy atom. The highest BCUT2D eigenvalue weighted by Gasteiger charge is 2.07. The standard InChI is InChI=1S/C11H12BrN3/c1-8(2)9-6-14-15(7-9)11-10(12)4-3-5-13-11/h3-8H,1-2H3. The second kappa shape index (κ2) is 4.14. The zero-order valence-corrected chi connectivity index (χ0v) is 10.3. The smallest absolute Gasteiger partial charge is 0.167 e. The summed E-state index contributed by atoms with van der Waals surface area (Å²) in [6, 6.07) is 3.85. The molecule has 15 heavy (non-hydrogen) atoms. The maximum absolute atomic E-state index is 4.29. The van der Waals surface area contributed by atoms with E-state index in [0.717, 1.165) is 10.3 Å². The third-order valence-electron chi connectivity index (χ3n) is 2.23. The van der Waals surface area contributed by atoms with E-state index in [9.17, 15) is 0 Å². The first kappa shape index (κ1) is 10.4. The quantitative estimate of drug-likeness (QED) is 0.835. The fourth-order valence-corrected chi connectivity index (χ4v) is 1.73. The Bertz CT molecular complexity index is 462. The molecule has 0 fully saturated rings. The molecule has 0 amide bonds. The molecule has 0 aromatic carbocycles. The van der Waals surface area contributed by atoms with Gasteiger partial charge in [0.15, 0.2) is 5.82 Å². The predicted octanol–water partition coefficient (Wildman–Crippen LogP) is 3.15. The SMILES string of the molecule is CC(C)c1cnn(-c2ncccc2Br)c1. The van der Waals surface area contributed by atoms with Crippen molar-refractivity contribution in [2.75, 3.05) is 0 Å². The van der Waals surface area contributed by atoms with Gasteiger partial charge in [-0.05, 0) is 39.5 Å². The monoisotopic (exact) mass is 265 g/mol. The molecule has 0 aliphatic carbocycles. The molecule has 2 aromatic heterocycles. The molecule has 4 heteroatoms. The number of halogens is 1. The van der Waals surface area contributed by atoms with E-state index in [0.29, 0.717) is 5.92 Å². The van der Waals surface area contributed by atoms with Crippen LogP contribution in [-0.2, 0) is 0 Å². The maximum atomic E-state index is 4.29. The van der Waals surface area contributed by atoms with Crippen LogP contribution in [0.25, 0.3) is 5.82 Å². The molecule has 78 valence electrons. The molecule has 0 aliphatic heterocycles. The Morgan fingerprint density at radius 1 is 1.40 bits per heavy atom. The normalized spacial score (nSPS) is 10.9. The van der Waals surface area contributed by atoms with Crippen LogP contribution in [-0.4, -0.2) is 14.8 Å². The average Bonchev–Trinajstić information content (AvgIpc) is 2.67. The first-order valence-corrected chi connectivity index (χ1v) is 5.63. The van der Waals surface area contributed by atoms with Gasteiger partial charge in [-0.2, -0.15) is 5.10 Å². The molecule has 2 heterocycles. The highest BCUT2D eigenvalue weighted by Crippen LogP contribution is 2.19. The molecular weight excluding hydrogens is 254 g/mol. The van der Waals surface area contributed by atoms with Gasteiger partial charge in [-0.25, -0.2) is 9.67 Å². The molecule has 0 unspecified atom stereocenters. The minimum absolute atomic E-state index is 0.487. The van der Waals surface area contributed by atoms with Crippen LogP contribution in [0.2, 0.25) is 0 Å². The molecule has 2 rings (SSSR count). The molecular formula is C11H12BrN3. The summed E-state index contributed by atoms with van der Waals surface area (Å²) in [6.07, 6.45) is 5.65. The Balaban J connectivity index is 2.42. The van der Waals surface area contributed by atoms with Gasteiger partial charge in [0, 0.05) is 12.4 Å². The minimum atomic E-state index is 0.487. The summed E-state index contributed by atoms with van der Waals surface area (Å²) < 4.78 is 2.74. The second-order valence-electron chi connectivity index (χ2n) is 3.68. The van der Waals surface area contributed by atoms with E-state index in [1.807, 2.05) is 24.5 Å². The van der Waals surface area contributed by atoms with Gasteiger partial charge in [0.25, 0.3) is 0 Å². The van der Waals surface area contributed by atoms with Crippen molar-refractivity contribution in [3.05, 3.63) is 40.8 Å². The fraction of sp³-hybridized carbons (Fsp3) is 0.273. The molecule has 0 atom stereocenters. The van der Waals surface area contributed by atoms with Crippen LogP contribution in [0.1, 0.15) is 25.3 Å². The van der Waals surface area contributed by atoms with E-state index in [4.69, 9.17) is 0 Å². The lowest BCUT2D eigenvalue weighted by atomic mass is 10.1. The number of pyridine rings is 1. The lowest BCUT2D eigenvalue weighted by Crippen LogP contribution is -1.98. The Labute approximate surface area is 97.3 Å². The lowest BCUT2D eigenvalue weighted by Gasteiger charge is -2.02. The molecule has 0 N–H and O–H groups in total. The van der Waals surface area contributed by atoms with Gasteiger partial charge in [-0.3, -0.25) is 0 Å². The molecule has 0 aliphatic rings. The summed E-state index contributed by atoms with van der Waals surface area (Å²) in [5, 5.41) is 4.29. The van der Waals surface area contributed by atoms with Gasteiger partial charge >= 0.3 is 0 Å². The van der Waals surface area contributed by atoms with Crippen LogP contribution in [0.4, 0.5) is 0 Å². The lowest BCUT2D eigenvalue weighted by molar-refractivity contribution is 0.834. The van der Waals surface area contributed by atoms with Crippen LogP contribution in [0.3, 0.4) is 0 Å². The second-order valence-corrected chi connectivity index (χ2v) is 4.54. The van der Waals surface area contributed by atoms with E-state index in [1.54, 1.807) is 10.9 Å².